The van der Waals surface area contributed by atoms with Gasteiger partial charge in [-0.25, -0.2) is 4.98 Å². The van der Waals surface area contributed by atoms with Crippen LogP contribution in [-0.2, 0) is 0 Å². The quantitative estimate of drug-likeness (QED) is 0.692. The summed E-state index contributed by atoms with van der Waals surface area (Å²) in [6.45, 7) is 4.08. The van der Waals surface area contributed by atoms with Crippen LogP contribution in [0.4, 0.5) is 0 Å². The Kier molecular flexibility index (Phi) is 3.26. The molecule has 21 heavy (non-hydrogen) atoms. The van der Waals surface area contributed by atoms with Crippen molar-refractivity contribution >= 4 is 22.6 Å². The van der Waals surface area contributed by atoms with Crippen molar-refractivity contribution in [2.45, 2.75) is 19.9 Å². The van der Waals surface area contributed by atoms with E-state index >= 15 is 0 Å². The molecule has 1 aromatic heterocycles. The minimum absolute atomic E-state index is 0.146. The van der Waals surface area contributed by atoms with Crippen molar-refractivity contribution in [3.05, 3.63) is 41.4 Å². The topological polar surface area (TPSA) is 58.3 Å². The van der Waals surface area contributed by atoms with Crippen LogP contribution in [0.5, 0.6) is 11.5 Å². The van der Waals surface area contributed by atoms with Gasteiger partial charge in [-0.2, -0.15) is 0 Å². The van der Waals surface area contributed by atoms with E-state index in [-0.39, 0.29) is 17.5 Å². The number of benzene rings is 2. The standard InChI is InChI=1S/C16H15ClN2O2/c1-9(2)19-13-7-6-10(17)8-12(13)18-16(19)11-4-3-5-14(20)15(11)21/h3-9,20-21H,1-2H3. The smallest absolute Gasteiger partial charge is 0.168 e. The minimum Gasteiger partial charge on any atom is -0.504 e. The average Bonchev–Trinajstić information content (AvgIpc) is 2.80. The molecule has 0 aliphatic rings. The lowest BCUT2D eigenvalue weighted by atomic mass is 10.1. The molecule has 0 amide bonds. The average molecular weight is 303 g/mol. The van der Waals surface area contributed by atoms with E-state index in [4.69, 9.17) is 11.6 Å². The maximum atomic E-state index is 10.1. The molecule has 108 valence electrons. The lowest BCUT2D eigenvalue weighted by Gasteiger charge is -2.14. The largest absolute Gasteiger partial charge is 0.504 e. The summed E-state index contributed by atoms with van der Waals surface area (Å²) in [7, 11) is 0. The van der Waals surface area contributed by atoms with Crippen LogP contribution in [0.25, 0.3) is 22.4 Å². The van der Waals surface area contributed by atoms with E-state index in [9.17, 15) is 10.2 Å². The number of fused-ring (bicyclic) bond motifs is 1. The maximum absolute atomic E-state index is 10.1. The fraction of sp³-hybridized carbons (Fsp3) is 0.188. The third-order valence-corrected chi connectivity index (χ3v) is 3.66. The Labute approximate surface area is 127 Å². The van der Waals surface area contributed by atoms with Crippen LogP contribution in [0, 0.1) is 0 Å². The number of para-hydroxylation sites is 1. The van der Waals surface area contributed by atoms with E-state index in [0.717, 1.165) is 11.0 Å². The molecule has 4 nitrogen and oxygen atoms in total. The Hall–Kier alpha value is -2.20. The molecule has 0 radical (unpaired) electrons. The van der Waals surface area contributed by atoms with Crippen LogP contribution in [0.2, 0.25) is 5.02 Å². The predicted molar refractivity (Wildman–Crippen MR) is 83.9 cm³/mol. The van der Waals surface area contributed by atoms with Crippen LogP contribution in [0.15, 0.2) is 36.4 Å². The zero-order valence-corrected chi connectivity index (χ0v) is 12.5. The van der Waals surface area contributed by atoms with Crippen LogP contribution in [-0.4, -0.2) is 19.8 Å². The monoisotopic (exact) mass is 302 g/mol. The van der Waals surface area contributed by atoms with E-state index in [1.807, 2.05) is 30.5 Å². The first kappa shape index (κ1) is 13.8. The molecule has 0 atom stereocenters. The fourth-order valence-corrected chi connectivity index (χ4v) is 2.66. The van der Waals surface area contributed by atoms with Gasteiger partial charge in [0.1, 0.15) is 5.82 Å². The van der Waals surface area contributed by atoms with Crippen molar-refractivity contribution in [2.75, 3.05) is 0 Å². The first-order valence-corrected chi connectivity index (χ1v) is 7.05. The van der Waals surface area contributed by atoms with E-state index < -0.39 is 0 Å². The Morgan fingerprint density at radius 1 is 1.14 bits per heavy atom. The zero-order chi connectivity index (χ0) is 15.1. The van der Waals surface area contributed by atoms with E-state index in [1.54, 1.807) is 18.2 Å². The summed E-state index contributed by atoms with van der Waals surface area (Å²) in [4.78, 5) is 4.57. The van der Waals surface area contributed by atoms with Gasteiger partial charge in [-0.15, -0.1) is 0 Å². The molecule has 2 N–H and O–H groups in total. The van der Waals surface area contributed by atoms with Gasteiger partial charge in [-0.05, 0) is 44.2 Å². The number of hydrogen-bond acceptors (Lipinski definition) is 3. The molecular weight excluding hydrogens is 288 g/mol. The summed E-state index contributed by atoms with van der Waals surface area (Å²) < 4.78 is 2.01. The number of phenolic OH excluding ortho intramolecular Hbond substituents is 2. The molecule has 0 spiro atoms. The van der Waals surface area contributed by atoms with Gasteiger partial charge >= 0.3 is 0 Å². The van der Waals surface area contributed by atoms with Crippen molar-refractivity contribution in [3.8, 4) is 22.9 Å². The molecule has 0 bridgehead atoms. The van der Waals surface area contributed by atoms with Gasteiger partial charge in [0.2, 0.25) is 0 Å². The van der Waals surface area contributed by atoms with E-state index in [2.05, 4.69) is 4.98 Å². The molecule has 0 aliphatic carbocycles. The Morgan fingerprint density at radius 2 is 1.90 bits per heavy atom. The SMILES string of the molecule is CC(C)n1c(-c2cccc(O)c2O)nc2cc(Cl)ccc21. The third kappa shape index (κ3) is 2.21. The maximum Gasteiger partial charge on any atom is 0.168 e. The second kappa shape index (κ2) is 4.97. The fourth-order valence-electron chi connectivity index (χ4n) is 2.50. The molecule has 0 saturated carbocycles. The second-order valence-corrected chi connectivity index (χ2v) is 5.64. The van der Waals surface area contributed by atoms with Crippen LogP contribution in [0.3, 0.4) is 0 Å². The highest BCUT2D eigenvalue weighted by Gasteiger charge is 2.18. The van der Waals surface area contributed by atoms with Gasteiger partial charge in [-0.1, -0.05) is 17.7 Å². The van der Waals surface area contributed by atoms with Gasteiger partial charge in [0.05, 0.1) is 16.6 Å². The lowest BCUT2D eigenvalue weighted by molar-refractivity contribution is 0.404. The highest BCUT2D eigenvalue weighted by atomic mass is 35.5. The molecule has 2 aromatic carbocycles. The van der Waals surface area contributed by atoms with Crippen LogP contribution < -0.4 is 0 Å². The zero-order valence-electron chi connectivity index (χ0n) is 11.7. The Bertz CT molecular complexity index is 825. The molecule has 3 aromatic rings. The van der Waals surface area contributed by atoms with Crippen molar-refractivity contribution < 1.29 is 10.2 Å². The number of imidazole rings is 1. The Balaban J connectivity index is 2.36. The third-order valence-electron chi connectivity index (χ3n) is 3.42. The van der Waals surface area contributed by atoms with Crippen molar-refractivity contribution in [3.63, 3.8) is 0 Å². The van der Waals surface area contributed by atoms with Gasteiger partial charge in [0, 0.05) is 11.1 Å². The van der Waals surface area contributed by atoms with Gasteiger partial charge < -0.3 is 14.8 Å². The number of halogens is 1. The number of rotatable bonds is 2. The summed E-state index contributed by atoms with van der Waals surface area (Å²) >= 11 is 6.02. The number of aromatic hydroxyl groups is 2. The summed E-state index contributed by atoms with van der Waals surface area (Å²) in [6.07, 6.45) is 0. The minimum atomic E-state index is -0.166. The first-order chi connectivity index (χ1) is 9.99. The van der Waals surface area contributed by atoms with Gasteiger partial charge in [0.25, 0.3) is 0 Å². The molecule has 5 heteroatoms. The van der Waals surface area contributed by atoms with Crippen molar-refractivity contribution in [2.24, 2.45) is 0 Å². The molecular formula is C16H15ClN2O2. The summed E-state index contributed by atoms with van der Waals surface area (Å²) in [5.41, 5.74) is 2.19. The van der Waals surface area contributed by atoms with E-state index in [0.29, 0.717) is 16.4 Å². The summed E-state index contributed by atoms with van der Waals surface area (Å²) in [6, 6.07) is 10.5. The molecule has 1 heterocycles. The lowest BCUT2D eigenvalue weighted by Crippen LogP contribution is -2.03. The molecule has 3 rings (SSSR count). The number of aromatic nitrogens is 2. The predicted octanol–water partition coefficient (Wildman–Crippen LogP) is 4.35. The molecule has 0 saturated heterocycles. The number of hydrogen-bond donors (Lipinski definition) is 2. The normalized spacial score (nSPS) is 11.4. The van der Waals surface area contributed by atoms with E-state index in [1.165, 1.54) is 6.07 Å². The van der Waals surface area contributed by atoms with Crippen molar-refractivity contribution in [1.82, 2.24) is 9.55 Å². The summed E-state index contributed by atoms with van der Waals surface area (Å²) in [5.74, 6) is 0.282. The molecule has 0 fully saturated rings. The second-order valence-electron chi connectivity index (χ2n) is 5.21. The van der Waals surface area contributed by atoms with Crippen molar-refractivity contribution in [1.29, 1.82) is 0 Å². The van der Waals surface area contributed by atoms with Gasteiger partial charge in [0.15, 0.2) is 11.5 Å². The highest BCUT2D eigenvalue weighted by molar-refractivity contribution is 6.31. The van der Waals surface area contributed by atoms with Gasteiger partial charge in [-0.3, -0.25) is 0 Å². The molecule has 0 aliphatic heterocycles. The first-order valence-electron chi connectivity index (χ1n) is 6.68. The number of nitrogens with zero attached hydrogens (tertiary/aromatic N) is 2. The van der Waals surface area contributed by atoms with Crippen LogP contribution in [0.1, 0.15) is 19.9 Å². The highest BCUT2D eigenvalue weighted by Crippen LogP contribution is 2.38. The molecule has 0 unspecified atom stereocenters. The summed E-state index contributed by atoms with van der Waals surface area (Å²) in [5, 5.41) is 20.4. The Morgan fingerprint density at radius 3 is 2.62 bits per heavy atom. The van der Waals surface area contributed by atoms with Crippen LogP contribution >= 0.6 is 11.6 Å². The number of phenols is 2.